The van der Waals surface area contributed by atoms with Crippen LogP contribution in [0.3, 0.4) is 0 Å². The second kappa shape index (κ2) is 12.1. The number of amides is 2. The van der Waals surface area contributed by atoms with Crippen LogP contribution in [0.4, 0.5) is 5.69 Å². The molecule has 2 rings (SSSR count). The van der Waals surface area contributed by atoms with Crippen molar-refractivity contribution in [1.82, 2.24) is 10.2 Å². The van der Waals surface area contributed by atoms with Crippen LogP contribution in [0.15, 0.2) is 46.9 Å². The van der Waals surface area contributed by atoms with E-state index in [1.807, 2.05) is 31.2 Å². The Morgan fingerprint density at radius 2 is 1.82 bits per heavy atom. The molecular formula is C22H26BrCl2N3O4S. The van der Waals surface area contributed by atoms with Crippen LogP contribution in [0, 0.1) is 0 Å². The van der Waals surface area contributed by atoms with Crippen LogP contribution in [-0.2, 0) is 26.2 Å². The summed E-state index contributed by atoms with van der Waals surface area (Å²) < 4.78 is 26.8. The lowest BCUT2D eigenvalue weighted by atomic mass is 10.1. The maximum Gasteiger partial charge on any atom is 0.244 e. The van der Waals surface area contributed by atoms with Gasteiger partial charge in [-0.05, 0) is 49.2 Å². The molecule has 0 saturated carbocycles. The van der Waals surface area contributed by atoms with E-state index in [1.165, 1.54) is 23.1 Å². The number of anilines is 1. The van der Waals surface area contributed by atoms with Gasteiger partial charge in [0, 0.05) is 17.6 Å². The summed E-state index contributed by atoms with van der Waals surface area (Å²) in [6.45, 7) is 3.64. The third-order valence-corrected chi connectivity index (χ3v) is 7.20. The highest BCUT2D eigenvalue weighted by Gasteiger charge is 2.30. The molecule has 0 aliphatic heterocycles. The first kappa shape index (κ1) is 27.4. The molecule has 0 fully saturated rings. The zero-order valence-corrected chi connectivity index (χ0v) is 22.4. The standard InChI is InChI=1S/C22H26BrCl2N3O4S/c1-4-10-26-22(30)15(2)27(13-16-6-5-7-17(23)11-16)21(29)14-28(33(3,31)32)18-8-9-19(24)20(25)12-18/h5-9,11-12,15H,4,10,13-14H2,1-3H3,(H,26,30). The fourth-order valence-electron chi connectivity index (χ4n) is 3.06. The van der Waals surface area contributed by atoms with Gasteiger partial charge in [0.05, 0.1) is 22.0 Å². The van der Waals surface area contributed by atoms with Crippen molar-refractivity contribution in [3.63, 3.8) is 0 Å². The molecule has 0 spiro atoms. The van der Waals surface area contributed by atoms with Crippen LogP contribution in [0.5, 0.6) is 0 Å². The summed E-state index contributed by atoms with van der Waals surface area (Å²) in [5, 5.41) is 3.21. The number of hydrogen-bond acceptors (Lipinski definition) is 4. The zero-order chi connectivity index (χ0) is 24.8. The van der Waals surface area contributed by atoms with Crippen molar-refractivity contribution in [2.45, 2.75) is 32.9 Å². The Morgan fingerprint density at radius 3 is 2.39 bits per heavy atom. The van der Waals surface area contributed by atoms with Gasteiger partial charge in [-0.15, -0.1) is 0 Å². The minimum atomic E-state index is -3.84. The van der Waals surface area contributed by atoms with Gasteiger partial charge in [0.25, 0.3) is 0 Å². The third-order valence-electron chi connectivity index (χ3n) is 4.83. The molecule has 2 aromatic rings. The number of sulfonamides is 1. The summed E-state index contributed by atoms with van der Waals surface area (Å²) in [5.41, 5.74) is 0.985. The zero-order valence-electron chi connectivity index (χ0n) is 18.5. The molecule has 2 amide bonds. The molecule has 1 unspecified atom stereocenters. The van der Waals surface area contributed by atoms with E-state index in [0.717, 1.165) is 27.0 Å². The Balaban J connectivity index is 2.39. The molecule has 0 aliphatic rings. The molecule has 7 nitrogen and oxygen atoms in total. The van der Waals surface area contributed by atoms with Crippen LogP contribution < -0.4 is 9.62 Å². The first-order valence-electron chi connectivity index (χ1n) is 10.2. The van der Waals surface area contributed by atoms with Crippen molar-refractivity contribution in [3.8, 4) is 0 Å². The fourth-order valence-corrected chi connectivity index (χ4v) is 4.64. The van der Waals surface area contributed by atoms with Gasteiger partial charge in [0.15, 0.2) is 0 Å². The van der Waals surface area contributed by atoms with Crippen LogP contribution in [0.1, 0.15) is 25.8 Å². The molecular weight excluding hydrogens is 553 g/mol. The number of halogens is 3. The first-order chi connectivity index (χ1) is 15.4. The maximum atomic E-state index is 13.4. The van der Waals surface area contributed by atoms with Gasteiger partial charge in [-0.2, -0.15) is 0 Å². The summed E-state index contributed by atoms with van der Waals surface area (Å²) in [4.78, 5) is 27.4. The SMILES string of the molecule is CCCNC(=O)C(C)N(Cc1cccc(Br)c1)C(=O)CN(c1ccc(Cl)c(Cl)c1)S(C)(=O)=O. The normalized spacial score (nSPS) is 12.2. The van der Waals surface area contributed by atoms with Crippen LogP contribution in [-0.4, -0.2) is 50.5 Å². The molecule has 1 N–H and O–H groups in total. The van der Waals surface area contributed by atoms with Crippen LogP contribution in [0.25, 0.3) is 0 Å². The van der Waals surface area contributed by atoms with Gasteiger partial charge in [-0.25, -0.2) is 8.42 Å². The van der Waals surface area contributed by atoms with E-state index in [4.69, 9.17) is 23.2 Å². The van der Waals surface area contributed by atoms with Crippen molar-refractivity contribution >= 4 is 66.7 Å². The topological polar surface area (TPSA) is 86.8 Å². The summed E-state index contributed by atoms with van der Waals surface area (Å²) in [5.74, 6) is -0.855. The van der Waals surface area contributed by atoms with Crippen molar-refractivity contribution in [2.75, 3.05) is 23.7 Å². The lowest BCUT2D eigenvalue weighted by Crippen LogP contribution is -2.51. The van der Waals surface area contributed by atoms with E-state index in [2.05, 4.69) is 21.2 Å². The lowest BCUT2D eigenvalue weighted by molar-refractivity contribution is -0.139. The average Bonchev–Trinajstić information content (AvgIpc) is 2.74. The van der Waals surface area contributed by atoms with E-state index in [0.29, 0.717) is 6.54 Å². The molecule has 0 heterocycles. The molecule has 1 atom stereocenters. The van der Waals surface area contributed by atoms with Crippen molar-refractivity contribution in [1.29, 1.82) is 0 Å². The quantitative estimate of drug-likeness (QED) is 0.451. The average molecular weight is 579 g/mol. The first-order valence-corrected chi connectivity index (χ1v) is 13.6. The van der Waals surface area contributed by atoms with E-state index in [9.17, 15) is 18.0 Å². The molecule has 180 valence electrons. The lowest BCUT2D eigenvalue weighted by Gasteiger charge is -2.31. The molecule has 0 radical (unpaired) electrons. The van der Waals surface area contributed by atoms with Gasteiger partial charge < -0.3 is 10.2 Å². The Hall–Kier alpha value is -1.81. The highest BCUT2D eigenvalue weighted by atomic mass is 79.9. The fraction of sp³-hybridized carbons (Fsp3) is 0.364. The summed E-state index contributed by atoms with van der Waals surface area (Å²) in [6.07, 6.45) is 1.75. The number of carbonyl (C=O) groups excluding carboxylic acids is 2. The second-order valence-corrected chi connectivity index (χ2v) is 11.1. The minimum Gasteiger partial charge on any atom is -0.354 e. The number of benzene rings is 2. The summed E-state index contributed by atoms with van der Waals surface area (Å²) in [6, 6.07) is 10.8. The van der Waals surface area contributed by atoms with Gasteiger partial charge >= 0.3 is 0 Å². The van der Waals surface area contributed by atoms with Crippen LogP contribution in [0.2, 0.25) is 10.0 Å². The largest absolute Gasteiger partial charge is 0.354 e. The molecule has 2 aromatic carbocycles. The predicted octanol–water partition coefficient (Wildman–Crippen LogP) is 4.47. The number of hydrogen-bond donors (Lipinski definition) is 1. The molecule has 0 aliphatic carbocycles. The monoisotopic (exact) mass is 577 g/mol. The van der Waals surface area contributed by atoms with Gasteiger partial charge in [0.2, 0.25) is 21.8 Å². The van der Waals surface area contributed by atoms with E-state index in [-0.39, 0.29) is 28.2 Å². The van der Waals surface area contributed by atoms with Crippen LogP contribution >= 0.6 is 39.1 Å². The van der Waals surface area contributed by atoms with Gasteiger partial charge in [-0.1, -0.05) is 58.2 Å². The van der Waals surface area contributed by atoms with Crippen molar-refractivity contribution < 1.29 is 18.0 Å². The van der Waals surface area contributed by atoms with E-state index < -0.39 is 28.5 Å². The Bertz CT molecular complexity index is 1110. The van der Waals surface area contributed by atoms with Gasteiger partial charge in [0.1, 0.15) is 12.6 Å². The van der Waals surface area contributed by atoms with Crippen molar-refractivity contribution in [2.24, 2.45) is 0 Å². The third kappa shape index (κ3) is 7.88. The number of rotatable bonds is 10. The molecule has 33 heavy (non-hydrogen) atoms. The Labute approximate surface area is 213 Å². The molecule has 0 aromatic heterocycles. The highest BCUT2D eigenvalue weighted by Crippen LogP contribution is 2.28. The number of nitrogens with one attached hydrogen (secondary N) is 1. The summed E-state index contributed by atoms with van der Waals surface area (Å²) in [7, 11) is -3.84. The van der Waals surface area contributed by atoms with Crippen molar-refractivity contribution in [3.05, 3.63) is 62.5 Å². The number of carbonyl (C=O) groups is 2. The minimum absolute atomic E-state index is 0.123. The van der Waals surface area contributed by atoms with Gasteiger partial charge in [-0.3, -0.25) is 13.9 Å². The maximum absolute atomic E-state index is 13.4. The molecule has 11 heteroatoms. The van der Waals surface area contributed by atoms with E-state index >= 15 is 0 Å². The predicted molar refractivity (Wildman–Crippen MR) is 136 cm³/mol. The Morgan fingerprint density at radius 1 is 1.12 bits per heavy atom. The highest BCUT2D eigenvalue weighted by molar-refractivity contribution is 9.10. The Kier molecular flexibility index (Phi) is 10.0. The number of nitrogens with zero attached hydrogens (tertiary/aromatic N) is 2. The second-order valence-electron chi connectivity index (χ2n) is 7.49. The molecule has 0 bridgehead atoms. The summed E-state index contributed by atoms with van der Waals surface area (Å²) >= 11 is 15.4. The smallest absolute Gasteiger partial charge is 0.244 e. The van der Waals surface area contributed by atoms with E-state index in [1.54, 1.807) is 6.92 Å². The molecule has 0 saturated heterocycles.